The Bertz CT molecular complexity index is 764. The number of aldehydes is 1. The Morgan fingerprint density at radius 1 is 0.714 bits per heavy atom. The first kappa shape index (κ1) is 13.3. The highest BCUT2D eigenvalue weighted by Crippen LogP contribution is 2.33. The molecule has 21 heavy (non-hydrogen) atoms. The number of carbonyl (C=O) groups is 1. The van der Waals surface area contributed by atoms with Gasteiger partial charge in [0.1, 0.15) is 5.82 Å². The maximum absolute atomic E-state index is 14.3. The van der Waals surface area contributed by atoms with Crippen LogP contribution >= 0.6 is 0 Å². The second-order valence-corrected chi connectivity index (χ2v) is 4.73. The van der Waals surface area contributed by atoms with E-state index in [0.29, 0.717) is 16.7 Å². The van der Waals surface area contributed by atoms with E-state index in [-0.39, 0.29) is 5.82 Å². The average Bonchev–Trinajstić information content (AvgIpc) is 2.56. The van der Waals surface area contributed by atoms with Gasteiger partial charge < -0.3 is 0 Å². The zero-order chi connectivity index (χ0) is 14.7. The molecule has 1 nitrogen and oxygen atoms in total. The molecule has 0 bridgehead atoms. The van der Waals surface area contributed by atoms with Gasteiger partial charge in [0.15, 0.2) is 6.29 Å². The van der Waals surface area contributed by atoms with Crippen molar-refractivity contribution >= 4 is 6.29 Å². The minimum Gasteiger partial charge on any atom is -0.298 e. The summed E-state index contributed by atoms with van der Waals surface area (Å²) in [6, 6.07) is 21.7. The van der Waals surface area contributed by atoms with E-state index >= 15 is 0 Å². The Morgan fingerprint density at radius 2 is 1.29 bits per heavy atom. The molecule has 0 N–H and O–H groups in total. The monoisotopic (exact) mass is 276 g/mol. The van der Waals surface area contributed by atoms with Crippen molar-refractivity contribution in [2.45, 2.75) is 0 Å². The van der Waals surface area contributed by atoms with Gasteiger partial charge in [0.2, 0.25) is 0 Å². The van der Waals surface area contributed by atoms with Crippen LogP contribution in [-0.2, 0) is 0 Å². The molecule has 0 aliphatic rings. The van der Waals surface area contributed by atoms with Gasteiger partial charge in [0, 0.05) is 11.1 Å². The van der Waals surface area contributed by atoms with Crippen LogP contribution in [0.3, 0.4) is 0 Å². The number of benzene rings is 3. The molecule has 0 heterocycles. The number of halogens is 1. The first-order valence-electron chi connectivity index (χ1n) is 6.70. The lowest BCUT2D eigenvalue weighted by Crippen LogP contribution is -1.96. The molecule has 0 aromatic heterocycles. The van der Waals surface area contributed by atoms with Gasteiger partial charge in [0.05, 0.1) is 0 Å². The van der Waals surface area contributed by atoms with E-state index < -0.39 is 0 Å². The summed E-state index contributed by atoms with van der Waals surface area (Å²) in [5, 5.41) is 0. The molecule has 0 amide bonds. The average molecular weight is 276 g/mol. The van der Waals surface area contributed by atoms with Crippen molar-refractivity contribution in [3.63, 3.8) is 0 Å². The largest absolute Gasteiger partial charge is 0.298 e. The Morgan fingerprint density at radius 3 is 1.86 bits per heavy atom. The second-order valence-electron chi connectivity index (χ2n) is 4.73. The van der Waals surface area contributed by atoms with Crippen LogP contribution in [0, 0.1) is 5.82 Å². The zero-order valence-corrected chi connectivity index (χ0v) is 11.3. The minimum atomic E-state index is -0.386. The van der Waals surface area contributed by atoms with Crippen molar-refractivity contribution in [3.05, 3.63) is 84.2 Å². The van der Waals surface area contributed by atoms with Crippen LogP contribution in [0.1, 0.15) is 10.4 Å². The molecule has 0 fully saturated rings. The summed E-state index contributed by atoms with van der Waals surface area (Å²) in [7, 11) is 0. The van der Waals surface area contributed by atoms with Gasteiger partial charge in [0.25, 0.3) is 0 Å². The number of carbonyl (C=O) groups excluding carboxylic acids is 1. The van der Waals surface area contributed by atoms with Gasteiger partial charge in [-0.3, -0.25) is 4.79 Å². The van der Waals surface area contributed by atoms with E-state index in [1.54, 1.807) is 18.2 Å². The topological polar surface area (TPSA) is 17.1 Å². The zero-order valence-electron chi connectivity index (χ0n) is 11.3. The standard InChI is InChI=1S/C19H13FO/c20-18-12-11-16(14-7-3-1-4-8-14)17(13-21)19(18)15-9-5-2-6-10-15/h1-13H. The van der Waals surface area contributed by atoms with Crippen molar-refractivity contribution in [1.82, 2.24) is 0 Å². The molecule has 0 radical (unpaired) electrons. The summed E-state index contributed by atoms with van der Waals surface area (Å²) in [5.74, 6) is -0.386. The second kappa shape index (κ2) is 5.71. The lowest BCUT2D eigenvalue weighted by molar-refractivity contribution is 0.112. The van der Waals surface area contributed by atoms with Crippen LogP contribution in [0.25, 0.3) is 22.3 Å². The highest BCUT2D eigenvalue weighted by Gasteiger charge is 2.15. The third-order valence-corrected chi connectivity index (χ3v) is 3.46. The summed E-state index contributed by atoms with van der Waals surface area (Å²) in [4.78, 5) is 11.6. The van der Waals surface area contributed by atoms with Gasteiger partial charge in [-0.25, -0.2) is 4.39 Å². The molecule has 0 saturated heterocycles. The normalized spacial score (nSPS) is 10.3. The molecule has 0 aliphatic carbocycles. The minimum absolute atomic E-state index is 0.354. The van der Waals surface area contributed by atoms with E-state index in [2.05, 4.69) is 0 Å². The van der Waals surface area contributed by atoms with E-state index in [0.717, 1.165) is 17.4 Å². The first-order chi connectivity index (χ1) is 10.3. The summed E-state index contributed by atoms with van der Waals surface area (Å²) in [5.41, 5.74) is 3.08. The molecule has 3 aromatic rings. The number of rotatable bonds is 3. The highest BCUT2D eigenvalue weighted by molar-refractivity contribution is 5.96. The Hall–Kier alpha value is -2.74. The molecule has 2 heteroatoms. The summed E-state index contributed by atoms with van der Waals surface area (Å²) < 4.78 is 14.3. The third kappa shape index (κ3) is 2.48. The SMILES string of the molecule is O=Cc1c(-c2ccccc2)ccc(F)c1-c1ccccc1. The first-order valence-corrected chi connectivity index (χ1v) is 6.70. The highest BCUT2D eigenvalue weighted by atomic mass is 19.1. The maximum atomic E-state index is 14.3. The molecule has 0 saturated carbocycles. The maximum Gasteiger partial charge on any atom is 0.151 e. The molecule has 102 valence electrons. The fourth-order valence-corrected chi connectivity index (χ4v) is 2.48. The predicted molar refractivity (Wildman–Crippen MR) is 82.7 cm³/mol. The van der Waals surface area contributed by atoms with Crippen LogP contribution in [-0.4, -0.2) is 6.29 Å². The van der Waals surface area contributed by atoms with Crippen LogP contribution < -0.4 is 0 Å². The van der Waals surface area contributed by atoms with Crippen LogP contribution in [0.15, 0.2) is 72.8 Å². The van der Waals surface area contributed by atoms with E-state index in [9.17, 15) is 9.18 Å². The Balaban J connectivity index is 2.28. The van der Waals surface area contributed by atoms with Gasteiger partial charge >= 0.3 is 0 Å². The van der Waals surface area contributed by atoms with E-state index in [1.165, 1.54) is 6.07 Å². The van der Waals surface area contributed by atoms with Crippen LogP contribution in [0.5, 0.6) is 0 Å². The number of hydrogen-bond donors (Lipinski definition) is 0. The summed E-state index contributed by atoms with van der Waals surface area (Å²) in [6.45, 7) is 0. The molecule has 0 atom stereocenters. The van der Waals surface area contributed by atoms with Gasteiger partial charge in [-0.1, -0.05) is 66.7 Å². The van der Waals surface area contributed by atoms with Crippen molar-refractivity contribution in [2.75, 3.05) is 0 Å². The Kier molecular flexibility index (Phi) is 3.61. The fraction of sp³-hybridized carbons (Fsp3) is 0. The molecule has 3 rings (SSSR count). The molecular weight excluding hydrogens is 263 g/mol. The predicted octanol–water partition coefficient (Wildman–Crippen LogP) is 4.97. The van der Waals surface area contributed by atoms with Gasteiger partial charge in [-0.05, 0) is 22.8 Å². The third-order valence-electron chi connectivity index (χ3n) is 3.46. The van der Waals surface area contributed by atoms with Crippen molar-refractivity contribution < 1.29 is 9.18 Å². The van der Waals surface area contributed by atoms with Crippen LogP contribution in [0.2, 0.25) is 0 Å². The summed E-state index contributed by atoms with van der Waals surface area (Å²) in [6.07, 6.45) is 0.730. The molecule has 0 spiro atoms. The molecule has 3 aromatic carbocycles. The van der Waals surface area contributed by atoms with Gasteiger partial charge in [-0.2, -0.15) is 0 Å². The molecule has 0 unspecified atom stereocenters. The fourth-order valence-electron chi connectivity index (χ4n) is 2.48. The molecular formula is C19H13FO. The Labute approximate surface area is 122 Å². The van der Waals surface area contributed by atoms with Crippen molar-refractivity contribution in [3.8, 4) is 22.3 Å². The molecule has 0 aliphatic heterocycles. The summed E-state index contributed by atoms with van der Waals surface area (Å²) >= 11 is 0. The van der Waals surface area contributed by atoms with Crippen molar-refractivity contribution in [2.24, 2.45) is 0 Å². The number of hydrogen-bond acceptors (Lipinski definition) is 1. The van der Waals surface area contributed by atoms with E-state index in [1.807, 2.05) is 48.5 Å². The lowest BCUT2D eigenvalue weighted by Gasteiger charge is -2.12. The van der Waals surface area contributed by atoms with Gasteiger partial charge in [-0.15, -0.1) is 0 Å². The smallest absolute Gasteiger partial charge is 0.151 e. The van der Waals surface area contributed by atoms with E-state index in [4.69, 9.17) is 0 Å². The van der Waals surface area contributed by atoms with Crippen molar-refractivity contribution in [1.29, 1.82) is 0 Å². The van der Waals surface area contributed by atoms with Crippen LogP contribution in [0.4, 0.5) is 4.39 Å². The lowest BCUT2D eigenvalue weighted by atomic mass is 9.92. The quantitative estimate of drug-likeness (QED) is 0.617.